The first kappa shape index (κ1) is 17.3. The lowest BCUT2D eigenvalue weighted by molar-refractivity contribution is -0.280. The molecule has 0 bridgehead atoms. The zero-order chi connectivity index (χ0) is 15.0. The van der Waals surface area contributed by atoms with Crippen molar-refractivity contribution in [1.29, 1.82) is 0 Å². The molecule has 0 saturated carbocycles. The van der Waals surface area contributed by atoms with Gasteiger partial charge in [-0.3, -0.25) is 9.36 Å². The van der Waals surface area contributed by atoms with E-state index in [9.17, 15) is 14.7 Å². The maximum Gasteiger partial charge on any atom is 0.329 e. The molecule has 2 rings (SSSR count). The molecule has 0 aliphatic rings. The second-order valence-electron chi connectivity index (χ2n) is 4.38. The van der Waals surface area contributed by atoms with Gasteiger partial charge in [0.15, 0.2) is 0 Å². The summed E-state index contributed by atoms with van der Waals surface area (Å²) in [4.78, 5) is 23.7. The monoisotopic (exact) mass is 331 g/mol. The van der Waals surface area contributed by atoms with Crippen molar-refractivity contribution in [2.24, 2.45) is 14.1 Å². The van der Waals surface area contributed by atoms with E-state index in [0.29, 0.717) is 15.6 Å². The minimum atomic E-state index is -0.652. The van der Waals surface area contributed by atoms with Crippen LogP contribution in [0.2, 0.25) is 10.0 Å². The lowest BCUT2D eigenvalue weighted by Crippen LogP contribution is -2.40. The maximum absolute atomic E-state index is 12.0. The summed E-state index contributed by atoms with van der Waals surface area (Å²) in [5, 5.41) is 12.7. The molecule has 4 N–H and O–H groups in total. The molecule has 0 aliphatic heterocycles. The molecule has 0 saturated heterocycles. The minimum absolute atomic E-state index is 0. The van der Waals surface area contributed by atoms with Gasteiger partial charge in [0, 0.05) is 26.1 Å². The normalized spacial score (nSPS) is 10.3. The molecular formula is C13H15Cl2N3O3. The van der Waals surface area contributed by atoms with Gasteiger partial charge in [0.2, 0.25) is 0 Å². The van der Waals surface area contributed by atoms with E-state index in [4.69, 9.17) is 23.2 Å². The molecule has 0 aliphatic carbocycles. The van der Waals surface area contributed by atoms with Crippen LogP contribution in [0.15, 0.2) is 27.8 Å². The molecule has 0 amide bonds. The van der Waals surface area contributed by atoms with E-state index in [1.165, 1.54) is 14.1 Å². The van der Waals surface area contributed by atoms with Crippen LogP contribution in [0.4, 0.5) is 0 Å². The molecule has 1 aromatic heterocycles. The van der Waals surface area contributed by atoms with Gasteiger partial charge in [-0.1, -0.05) is 35.3 Å². The fourth-order valence-corrected chi connectivity index (χ4v) is 2.31. The first-order valence-electron chi connectivity index (χ1n) is 5.73. The Morgan fingerprint density at radius 3 is 2.38 bits per heavy atom. The third-order valence-corrected chi connectivity index (χ3v) is 3.96. The molecule has 0 spiro atoms. The lowest BCUT2D eigenvalue weighted by atomic mass is 10.1. The highest BCUT2D eigenvalue weighted by Gasteiger charge is 2.12. The number of hydrogen-bond donors (Lipinski definition) is 1. The number of rotatable bonds is 2. The van der Waals surface area contributed by atoms with Crippen LogP contribution < -0.4 is 22.5 Å². The van der Waals surface area contributed by atoms with Crippen molar-refractivity contribution < 1.29 is 5.11 Å². The van der Waals surface area contributed by atoms with Crippen molar-refractivity contribution in [3.05, 3.63) is 60.2 Å². The first-order valence-corrected chi connectivity index (χ1v) is 6.49. The summed E-state index contributed by atoms with van der Waals surface area (Å²) >= 11 is 11.9. The van der Waals surface area contributed by atoms with E-state index in [0.717, 1.165) is 9.13 Å². The largest absolute Gasteiger partial charge is 0.860 e. The van der Waals surface area contributed by atoms with Gasteiger partial charge in [-0.2, -0.15) is 0 Å². The summed E-state index contributed by atoms with van der Waals surface area (Å²) in [6.45, 7) is 0. The smallest absolute Gasteiger partial charge is 0.329 e. The fourth-order valence-electron chi connectivity index (χ4n) is 1.92. The zero-order valence-corrected chi connectivity index (χ0v) is 13.3. The van der Waals surface area contributed by atoms with E-state index in [-0.39, 0.29) is 18.1 Å². The minimum Gasteiger partial charge on any atom is -0.860 e. The number of quaternary nitrogens is 1. The Labute approximate surface area is 130 Å². The van der Waals surface area contributed by atoms with Gasteiger partial charge in [-0.25, -0.2) is 4.79 Å². The molecule has 6 nitrogen and oxygen atoms in total. The molecular weight excluding hydrogens is 317 g/mol. The van der Waals surface area contributed by atoms with Crippen molar-refractivity contribution >= 4 is 23.2 Å². The molecule has 0 unspecified atom stereocenters. The molecule has 0 radical (unpaired) electrons. The van der Waals surface area contributed by atoms with Crippen molar-refractivity contribution in [2.45, 2.75) is 6.42 Å². The van der Waals surface area contributed by atoms with Gasteiger partial charge in [0.1, 0.15) is 0 Å². The molecule has 0 fully saturated rings. The van der Waals surface area contributed by atoms with E-state index < -0.39 is 17.1 Å². The van der Waals surface area contributed by atoms with Crippen molar-refractivity contribution in [2.75, 3.05) is 0 Å². The molecule has 8 heteroatoms. The Kier molecular flexibility index (Phi) is 5.22. The summed E-state index contributed by atoms with van der Waals surface area (Å²) in [5.41, 5.74) is -0.721. The highest BCUT2D eigenvalue weighted by molar-refractivity contribution is 6.42. The predicted molar refractivity (Wildman–Crippen MR) is 81.6 cm³/mol. The van der Waals surface area contributed by atoms with Crippen LogP contribution in [0.5, 0.6) is 5.88 Å². The molecule has 1 aromatic carbocycles. The average molecular weight is 332 g/mol. The lowest BCUT2D eigenvalue weighted by Gasteiger charge is -2.18. The second kappa shape index (κ2) is 6.34. The maximum atomic E-state index is 12.0. The Hall–Kier alpha value is -1.76. The van der Waals surface area contributed by atoms with Crippen molar-refractivity contribution in [3.63, 3.8) is 0 Å². The molecule has 1 heterocycles. The van der Waals surface area contributed by atoms with Crippen LogP contribution in [-0.4, -0.2) is 9.13 Å². The topological polar surface area (TPSA) is 104 Å². The number of halogens is 2. The molecule has 114 valence electrons. The summed E-state index contributed by atoms with van der Waals surface area (Å²) < 4.78 is 1.80. The average Bonchev–Trinajstić information content (AvgIpc) is 2.43. The predicted octanol–water partition coefficient (Wildman–Crippen LogP) is 1.43. The van der Waals surface area contributed by atoms with Crippen LogP contribution in [0.25, 0.3) is 0 Å². The summed E-state index contributed by atoms with van der Waals surface area (Å²) in [7, 11) is 2.65. The van der Waals surface area contributed by atoms with Crippen LogP contribution in [0.3, 0.4) is 0 Å². The third kappa shape index (κ3) is 2.97. The highest BCUT2D eigenvalue weighted by atomic mass is 35.5. The van der Waals surface area contributed by atoms with Crippen LogP contribution in [-0.2, 0) is 20.5 Å². The number of nitrogens with zero attached hydrogens (tertiary/aromatic N) is 2. The van der Waals surface area contributed by atoms with Gasteiger partial charge in [0.05, 0.1) is 10.0 Å². The second-order valence-corrected chi connectivity index (χ2v) is 5.16. The number of aromatic nitrogens is 2. The summed E-state index contributed by atoms with van der Waals surface area (Å²) in [6, 6.07) is 4.98. The van der Waals surface area contributed by atoms with E-state index in [1.807, 2.05) is 0 Å². The molecule has 0 atom stereocenters. The van der Waals surface area contributed by atoms with E-state index in [1.54, 1.807) is 18.2 Å². The van der Waals surface area contributed by atoms with E-state index >= 15 is 0 Å². The number of hydrogen-bond acceptors (Lipinski definition) is 3. The van der Waals surface area contributed by atoms with E-state index in [2.05, 4.69) is 0 Å². The molecule has 2 aromatic rings. The molecule has 21 heavy (non-hydrogen) atoms. The Morgan fingerprint density at radius 2 is 1.76 bits per heavy atom. The van der Waals surface area contributed by atoms with Crippen molar-refractivity contribution in [3.8, 4) is 5.88 Å². The van der Waals surface area contributed by atoms with Crippen LogP contribution >= 0.6 is 23.2 Å². The quantitative estimate of drug-likeness (QED) is 0.899. The van der Waals surface area contributed by atoms with Crippen LogP contribution in [0, 0.1) is 0 Å². The number of benzene rings is 1. The van der Waals surface area contributed by atoms with Gasteiger partial charge in [-0.05, 0) is 17.5 Å². The fraction of sp³-hybridized carbons (Fsp3) is 0.231. The van der Waals surface area contributed by atoms with Crippen molar-refractivity contribution in [1.82, 2.24) is 15.3 Å². The highest BCUT2D eigenvalue weighted by Crippen LogP contribution is 2.27. The summed E-state index contributed by atoms with van der Waals surface area (Å²) in [5.74, 6) is -0.617. The first-order chi connectivity index (χ1) is 9.34. The van der Waals surface area contributed by atoms with Gasteiger partial charge >= 0.3 is 5.69 Å². The zero-order valence-electron chi connectivity index (χ0n) is 11.8. The third-order valence-electron chi connectivity index (χ3n) is 3.10. The SMILES string of the molecule is Cn1c([O-])c(Cc2cccc(Cl)c2Cl)c(=O)n(C)c1=O.[NH4+]. The van der Waals surface area contributed by atoms with Gasteiger partial charge in [0.25, 0.3) is 5.56 Å². The Bertz CT molecular complexity index is 796. The van der Waals surface area contributed by atoms with Gasteiger partial charge < -0.3 is 15.8 Å². The van der Waals surface area contributed by atoms with Gasteiger partial charge in [-0.15, -0.1) is 0 Å². The summed E-state index contributed by atoms with van der Waals surface area (Å²) in [6.07, 6.45) is 0.0268. The Morgan fingerprint density at radius 1 is 1.14 bits per heavy atom. The Balaban J connectivity index is 0.00000220. The van der Waals surface area contributed by atoms with Crippen LogP contribution in [0.1, 0.15) is 11.1 Å². The standard InChI is InChI=1S/C13H12Cl2N2O3.H3N/c1-16-11(18)8(12(19)17(2)13(16)20)6-7-4-3-5-9(14)10(7)15;/h3-5,18H,6H2,1-2H3;1H3.